The summed E-state index contributed by atoms with van der Waals surface area (Å²) in [6.07, 6.45) is 3.88. The van der Waals surface area contributed by atoms with E-state index < -0.39 is 0 Å². The molecule has 0 aliphatic heterocycles. The molecule has 2 rings (SSSR count). The molecule has 20 heavy (non-hydrogen) atoms. The smallest absolute Gasteiger partial charge is 0.383 e. The van der Waals surface area contributed by atoms with Crippen molar-refractivity contribution in [2.45, 2.75) is 13.0 Å². The van der Waals surface area contributed by atoms with Crippen molar-refractivity contribution < 1.29 is 4.57 Å². The van der Waals surface area contributed by atoms with Gasteiger partial charge in [0.05, 0.1) is 26.5 Å². The fourth-order valence-electron chi connectivity index (χ4n) is 1.75. The SMILES string of the molecule is CC(N)CNc1ccc(N=Nc2n(C)cc[n+]2C)cc1. The summed E-state index contributed by atoms with van der Waals surface area (Å²) in [5.74, 6) is 0.796. The Morgan fingerprint density at radius 1 is 1.30 bits per heavy atom. The van der Waals surface area contributed by atoms with Crippen molar-refractivity contribution in [1.82, 2.24) is 4.57 Å². The van der Waals surface area contributed by atoms with Crippen LogP contribution in [0.15, 0.2) is 46.9 Å². The molecule has 1 unspecified atom stereocenters. The maximum Gasteiger partial charge on any atom is 0.421 e. The van der Waals surface area contributed by atoms with Gasteiger partial charge in [0, 0.05) is 23.4 Å². The van der Waals surface area contributed by atoms with Gasteiger partial charge in [-0.2, -0.15) is 0 Å². The molecule has 6 heteroatoms. The molecule has 1 heterocycles. The molecular formula is C14H21N6+. The van der Waals surface area contributed by atoms with E-state index in [-0.39, 0.29) is 6.04 Å². The van der Waals surface area contributed by atoms with E-state index in [0.717, 1.165) is 23.9 Å². The molecular weight excluding hydrogens is 252 g/mol. The zero-order chi connectivity index (χ0) is 14.5. The first-order chi connectivity index (χ1) is 9.56. The maximum absolute atomic E-state index is 5.70. The van der Waals surface area contributed by atoms with Crippen LogP contribution < -0.4 is 15.6 Å². The Hall–Kier alpha value is -2.21. The highest BCUT2D eigenvalue weighted by Crippen LogP contribution is 2.18. The van der Waals surface area contributed by atoms with Crippen LogP contribution >= 0.6 is 0 Å². The molecule has 0 radical (unpaired) electrons. The van der Waals surface area contributed by atoms with Crippen LogP contribution in [0, 0.1) is 0 Å². The van der Waals surface area contributed by atoms with Gasteiger partial charge in [-0.15, -0.1) is 0 Å². The standard InChI is InChI=1S/C14H20N6/c1-11(15)10-16-12-4-6-13(7-5-12)17-18-14-19(2)8-9-20(14)3/h4-9,11H,10,15H2,1-3H3/p+1. The number of nitrogens with two attached hydrogens (primary N) is 1. The first kappa shape index (κ1) is 14.2. The lowest BCUT2D eigenvalue weighted by atomic mass is 10.2. The van der Waals surface area contributed by atoms with E-state index in [9.17, 15) is 0 Å². The summed E-state index contributed by atoms with van der Waals surface area (Å²) in [6, 6.07) is 7.93. The van der Waals surface area contributed by atoms with E-state index in [0.29, 0.717) is 0 Å². The summed E-state index contributed by atoms with van der Waals surface area (Å²) < 4.78 is 3.84. The molecule has 0 aliphatic carbocycles. The quantitative estimate of drug-likeness (QED) is 0.646. The third-order valence-corrected chi connectivity index (χ3v) is 2.90. The maximum atomic E-state index is 5.70. The van der Waals surface area contributed by atoms with Gasteiger partial charge in [-0.3, -0.25) is 0 Å². The Labute approximate surface area is 118 Å². The number of hydrogen-bond donors (Lipinski definition) is 2. The normalized spacial score (nSPS) is 12.8. The lowest BCUT2D eigenvalue weighted by Crippen LogP contribution is -2.25. The van der Waals surface area contributed by atoms with Gasteiger partial charge in [0.2, 0.25) is 0 Å². The van der Waals surface area contributed by atoms with E-state index in [1.807, 2.05) is 66.8 Å². The molecule has 0 spiro atoms. The minimum absolute atomic E-state index is 0.131. The Morgan fingerprint density at radius 3 is 2.55 bits per heavy atom. The molecule has 0 bridgehead atoms. The van der Waals surface area contributed by atoms with Crippen molar-refractivity contribution in [3.63, 3.8) is 0 Å². The number of benzene rings is 1. The van der Waals surface area contributed by atoms with Crippen molar-refractivity contribution in [2.24, 2.45) is 30.1 Å². The summed E-state index contributed by atoms with van der Waals surface area (Å²) in [4.78, 5) is 0. The van der Waals surface area contributed by atoms with Crippen LogP contribution in [0.4, 0.5) is 17.3 Å². The predicted molar refractivity (Wildman–Crippen MR) is 79.3 cm³/mol. The number of aromatic nitrogens is 2. The van der Waals surface area contributed by atoms with Crippen molar-refractivity contribution >= 4 is 17.3 Å². The summed E-state index contributed by atoms with van der Waals surface area (Å²) >= 11 is 0. The number of rotatable bonds is 5. The molecule has 1 aromatic heterocycles. The molecule has 2 aromatic rings. The Kier molecular flexibility index (Phi) is 4.47. The van der Waals surface area contributed by atoms with Crippen molar-refractivity contribution in [2.75, 3.05) is 11.9 Å². The zero-order valence-corrected chi connectivity index (χ0v) is 12.1. The minimum atomic E-state index is 0.131. The number of aryl methyl sites for hydroxylation is 2. The number of nitrogens with one attached hydrogen (secondary N) is 1. The minimum Gasteiger partial charge on any atom is -0.383 e. The van der Waals surface area contributed by atoms with Gasteiger partial charge in [0.25, 0.3) is 0 Å². The van der Waals surface area contributed by atoms with Crippen LogP contribution in [0.5, 0.6) is 0 Å². The van der Waals surface area contributed by atoms with Crippen LogP contribution in [0.2, 0.25) is 0 Å². The Balaban J connectivity index is 2.04. The average molecular weight is 273 g/mol. The highest BCUT2D eigenvalue weighted by atomic mass is 15.3. The fourth-order valence-corrected chi connectivity index (χ4v) is 1.75. The van der Waals surface area contributed by atoms with Crippen LogP contribution in [-0.2, 0) is 14.1 Å². The lowest BCUT2D eigenvalue weighted by molar-refractivity contribution is -0.657. The summed E-state index contributed by atoms with van der Waals surface area (Å²) in [7, 11) is 3.88. The number of hydrogen-bond acceptors (Lipinski definition) is 4. The molecule has 3 N–H and O–H groups in total. The van der Waals surface area contributed by atoms with E-state index in [1.54, 1.807) is 0 Å². The number of azo groups is 1. The van der Waals surface area contributed by atoms with E-state index >= 15 is 0 Å². The molecule has 0 fully saturated rings. The third kappa shape index (κ3) is 3.64. The molecule has 0 aliphatic rings. The molecule has 1 aromatic carbocycles. The second-order valence-electron chi connectivity index (χ2n) is 4.93. The summed E-state index contributed by atoms with van der Waals surface area (Å²) in [6.45, 7) is 2.72. The van der Waals surface area contributed by atoms with Gasteiger partial charge < -0.3 is 11.1 Å². The number of anilines is 1. The molecule has 0 amide bonds. The predicted octanol–water partition coefficient (Wildman–Crippen LogP) is 2.02. The van der Waals surface area contributed by atoms with Crippen LogP contribution in [-0.4, -0.2) is 17.2 Å². The van der Waals surface area contributed by atoms with Crippen LogP contribution in [0.25, 0.3) is 0 Å². The molecule has 0 saturated heterocycles. The largest absolute Gasteiger partial charge is 0.421 e. The highest BCUT2D eigenvalue weighted by molar-refractivity contribution is 5.50. The Morgan fingerprint density at radius 2 is 2.00 bits per heavy atom. The topological polar surface area (TPSA) is 71.6 Å². The van der Waals surface area contributed by atoms with Gasteiger partial charge in [-0.1, -0.05) is 5.11 Å². The van der Waals surface area contributed by atoms with Gasteiger partial charge in [0.1, 0.15) is 5.69 Å². The summed E-state index contributed by atoms with van der Waals surface area (Å²) in [5.41, 5.74) is 7.55. The lowest BCUT2D eigenvalue weighted by Gasteiger charge is -2.08. The van der Waals surface area contributed by atoms with E-state index in [2.05, 4.69) is 15.5 Å². The van der Waals surface area contributed by atoms with E-state index in [1.165, 1.54) is 0 Å². The number of imidazole rings is 1. The first-order valence-corrected chi connectivity index (χ1v) is 6.58. The molecule has 6 nitrogen and oxygen atoms in total. The van der Waals surface area contributed by atoms with Crippen molar-refractivity contribution in [3.8, 4) is 0 Å². The second-order valence-corrected chi connectivity index (χ2v) is 4.93. The molecule has 1 atom stereocenters. The van der Waals surface area contributed by atoms with Crippen molar-refractivity contribution in [1.29, 1.82) is 0 Å². The Bertz CT molecular complexity index is 563. The van der Waals surface area contributed by atoms with Gasteiger partial charge in [-0.05, 0) is 31.2 Å². The molecule has 106 valence electrons. The zero-order valence-electron chi connectivity index (χ0n) is 12.1. The van der Waals surface area contributed by atoms with Crippen molar-refractivity contribution in [3.05, 3.63) is 36.7 Å². The monoisotopic (exact) mass is 273 g/mol. The van der Waals surface area contributed by atoms with Crippen LogP contribution in [0.3, 0.4) is 0 Å². The van der Waals surface area contributed by atoms with Crippen LogP contribution in [0.1, 0.15) is 6.92 Å². The fraction of sp³-hybridized carbons (Fsp3) is 0.357. The number of nitrogens with zero attached hydrogens (tertiary/aromatic N) is 4. The first-order valence-electron chi connectivity index (χ1n) is 6.58. The van der Waals surface area contributed by atoms with Gasteiger partial charge in [-0.25, -0.2) is 9.13 Å². The third-order valence-electron chi connectivity index (χ3n) is 2.90. The van der Waals surface area contributed by atoms with E-state index in [4.69, 9.17) is 5.73 Å². The average Bonchev–Trinajstić information content (AvgIpc) is 2.75. The highest BCUT2D eigenvalue weighted by Gasteiger charge is 2.10. The second kappa shape index (κ2) is 6.29. The van der Waals surface area contributed by atoms with Gasteiger partial charge in [0.15, 0.2) is 0 Å². The molecule has 0 saturated carbocycles. The summed E-state index contributed by atoms with van der Waals surface area (Å²) in [5, 5.41) is 11.7. The van der Waals surface area contributed by atoms with Gasteiger partial charge >= 0.3 is 5.95 Å².